The number of para-hydroxylation sites is 2. The molecule has 124 valence electrons. The lowest BCUT2D eigenvalue weighted by atomic mass is 10.1. The summed E-state index contributed by atoms with van der Waals surface area (Å²) >= 11 is 0. The second kappa shape index (κ2) is 5.94. The molecule has 5 rings (SSSR count). The summed E-state index contributed by atoms with van der Waals surface area (Å²) < 4.78 is 12.0. The molecular formula is C22H20NO2+. The smallest absolute Gasteiger partial charge is 0.181 e. The first kappa shape index (κ1) is 14.6. The molecule has 3 aromatic rings. The summed E-state index contributed by atoms with van der Waals surface area (Å²) in [6, 6.07) is 25.6. The molecule has 0 saturated carbocycles. The van der Waals surface area contributed by atoms with Gasteiger partial charge in [0.2, 0.25) is 0 Å². The van der Waals surface area contributed by atoms with Gasteiger partial charge in [-0.2, -0.15) is 0 Å². The van der Waals surface area contributed by atoms with Crippen LogP contribution in [0.2, 0.25) is 0 Å². The number of hydrogen-bond donors (Lipinski definition) is 1. The molecule has 0 aromatic heterocycles. The predicted octanol–water partition coefficient (Wildman–Crippen LogP) is 3.16. The summed E-state index contributed by atoms with van der Waals surface area (Å²) in [5.41, 5.74) is 5.48. The molecule has 2 aliphatic rings. The zero-order chi connectivity index (χ0) is 16.6. The van der Waals surface area contributed by atoms with Crippen LogP contribution in [0.1, 0.15) is 17.2 Å². The first-order chi connectivity index (χ1) is 12.4. The Hall–Kier alpha value is -2.78. The summed E-state index contributed by atoms with van der Waals surface area (Å²) in [6.45, 7) is 1.46. The zero-order valence-corrected chi connectivity index (χ0v) is 13.9. The van der Waals surface area contributed by atoms with E-state index in [1.165, 1.54) is 22.3 Å². The molecule has 0 spiro atoms. The number of hydrogen-bond acceptors (Lipinski definition) is 2. The molecule has 3 nitrogen and oxygen atoms in total. The third-order valence-corrected chi connectivity index (χ3v) is 5.08. The summed E-state index contributed by atoms with van der Waals surface area (Å²) in [5.74, 6) is 1.69. The summed E-state index contributed by atoms with van der Waals surface area (Å²) in [5, 5.41) is 2.38. The second-order valence-corrected chi connectivity index (χ2v) is 6.62. The highest BCUT2D eigenvalue weighted by molar-refractivity contribution is 5.77. The van der Waals surface area contributed by atoms with Crippen molar-refractivity contribution in [3.63, 3.8) is 0 Å². The SMILES string of the molecule is c1ccc2c(c1)OC[C@H](C[NH2+]C1c3ccccc3-c3ccccc31)O2. The van der Waals surface area contributed by atoms with Crippen LogP contribution in [0.25, 0.3) is 11.1 Å². The van der Waals surface area contributed by atoms with Crippen LogP contribution in [0.3, 0.4) is 0 Å². The molecule has 0 bridgehead atoms. The molecule has 1 atom stereocenters. The van der Waals surface area contributed by atoms with Gasteiger partial charge in [-0.25, -0.2) is 0 Å². The van der Waals surface area contributed by atoms with Crippen LogP contribution < -0.4 is 14.8 Å². The Morgan fingerprint density at radius 2 is 1.36 bits per heavy atom. The maximum Gasteiger partial charge on any atom is 0.181 e. The Bertz CT molecular complexity index is 876. The first-order valence-corrected chi connectivity index (χ1v) is 8.80. The zero-order valence-electron chi connectivity index (χ0n) is 13.9. The maximum atomic E-state index is 6.11. The van der Waals surface area contributed by atoms with Crippen molar-refractivity contribution in [2.24, 2.45) is 0 Å². The number of ether oxygens (including phenoxy) is 2. The minimum Gasteiger partial charge on any atom is -0.486 e. The first-order valence-electron chi connectivity index (χ1n) is 8.80. The van der Waals surface area contributed by atoms with Gasteiger partial charge in [0.1, 0.15) is 19.2 Å². The lowest BCUT2D eigenvalue weighted by Crippen LogP contribution is -2.88. The highest BCUT2D eigenvalue weighted by Gasteiger charge is 2.32. The minimum atomic E-state index is 0.0647. The molecule has 1 aliphatic carbocycles. The lowest BCUT2D eigenvalue weighted by molar-refractivity contribution is -0.691. The summed E-state index contributed by atoms with van der Waals surface area (Å²) in [7, 11) is 0. The van der Waals surface area contributed by atoms with Crippen LogP contribution in [0.4, 0.5) is 0 Å². The molecule has 2 N–H and O–H groups in total. The van der Waals surface area contributed by atoms with Crippen LogP contribution in [-0.2, 0) is 0 Å². The second-order valence-electron chi connectivity index (χ2n) is 6.62. The van der Waals surface area contributed by atoms with Crippen LogP contribution in [0, 0.1) is 0 Å². The number of quaternary nitrogens is 1. The largest absolute Gasteiger partial charge is 0.486 e. The molecule has 0 saturated heterocycles. The van der Waals surface area contributed by atoms with E-state index in [4.69, 9.17) is 9.47 Å². The van der Waals surface area contributed by atoms with E-state index in [1.807, 2.05) is 24.3 Å². The molecule has 1 aliphatic heterocycles. The average molecular weight is 330 g/mol. The Morgan fingerprint density at radius 3 is 2.08 bits per heavy atom. The molecule has 0 fully saturated rings. The molecule has 25 heavy (non-hydrogen) atoms. The molecule has 0 amide bonds. The van der Waals surface area contributed by atoms with E-state index in [2.05, 4.69) is 53.8 Å². The van der Waals surface area contributed by atoms with Gasteiger partial charge in [0, 0.05) is 11.1 Å². The van der Waals surface area contributed by atoms with Crippen LogP contribution in [0.5, 0.6) is 11.5 Å². The van der Waals surface area contributed by atoms with E-state index in [0.717, 1.165) is 18.0 Å². The Kier molecular flexibility index (Phi) is 3.46. The highest BCUT2D eigenvalue weighted by atomic mass is 16.6. The molecule has 0 unspecified atom stereocenters. The van der Waals surface area contributed by atoms with Crippen LogP contribution in [-0.4, -0.2) is 19.3 Å². The van der Waals surface area contributed by atoms with E-state index < -0.39 is 0 Å². The van der Waals surface area contributed by atoms with Gasteiger partial charge in [0.25, 0.3) is 0 Å². The predicted molar refractivity (Wildman–Crippen MR) is 96.9 cm³/mol. The van der Waals surface area contributed by atoms with E-state index in [0.29, 0.717) is 12.6 Å². The van der Waals surface area contributed by atoms with Gasteiger partial charge in [-0.15, -0.1) is 0 Å². The van der Waals surface area contributed by atoms with E-state index >= 15 is 0 Å². The third kappa shape index (κ3) is 2.48. The topological polar surface area (TPSA) is 35.1 Å². The van der Waals surface area contributed by atoms with Gasteiger partial charge in [0.15, 0.2) is 17.6 Å². The van der Waals surface area contributed by atoms with E-state index in [9.17, 15) is 0 Å². The fourth-order valence-electron chi connectivity index (χ4n) is 3.92. The number of fused-ring (bicyclic) bond motifs is 4. The monoisotopic (exact) mass is 330 g/mol. The Balaban J connectivity index is 1.37. The van der Waals surface area contributed by atoms with Gasteiger partial charge in [-0.1, -0.05) is 60.7 Å². The Morgan fingerprint density at radius 1 is 0.760 bits per heavy atom. The van der Waals surface area contributed by atoms with Crippen LogP contribution >= 0.6 is 0 Å². The normalized spacial score (nSPS) is 17.8. The van der Waals surface area contributed by atoms with Crippen molar-refractivity contribution in [2.45, 2.75) is 12.1 Å². The molecule has 3 heteroatoms. The molecule has 3 aromatic carbocycles. The van der Waals surface area contributed by atoms with Gasteiger partial charge in [0.05, 0.1) is 0 Å². The summed E-state index contributed by atoms with van der Waals surface area (Å²) in [4.78, 5) is 0. The molecule has 1 heterocycles. The van der Waals surface area contributed by atoms with E-state index in [1.54, 1.807) is 0 Å². The van der Waals surface area contributed by atoms with Crippen molar-refractivity contribution in [2.75, 3.05) is 13.2 Å². The van der Waals surface area contributed by atoms with Gasteiger partial charge >= 0.3 is 0 Å². The number of nitrogens with two attached hydrogens (primary N) is 1. The third-order valence-electron chi connectivity index (χ3n) is 5.08. The van der Waals surface area contributed by atoms with Crippen molar-refractivity contribution < 1.29 is 14.8 Å². The molecular weight excluding hydrogens is 310 g/mol. The number of rotatable bonds is 3. The van der Waals surface area contributed by atoms with Crippen LogP contribution in [0.15, 0.2) is 72.8 Å². The van der Waals surface area contributed by atoms with Crippen molar-refractivity contribution in [1.29, 1.82) is 0 Å². The lowest BCUT2D eigenvalue weighted by Gasteiger charge is -2.26. The van der Waals surface area contributed by atoms with Crippen molar-refractivity contribution in [3.05, 3.63) is 83.9 Å². The number of benzene rings is 3. The van der Waals surface area contributed by atoms with Gasteiger partial charge in [-0.3, -0.25) is 0 Å². The Labute approximate surface area is 147 Å². The molecule has 0 radical (unpaired) electrons. The standard InChI is InChI=1S/C22H19NO2/c1-3-9-18-16(7-1)17-8-2-4-10-19(17)22(18)23-13-15-14-24-20-11-5-6-12-21(20)25-15/h1-12,15,22-23H,13-14H2/p+1/t15-/m0/s1. The average Bonchev–Trinajstić information content (AvgIpc) is 3.00. The van der Waals surface area contributed by atoms with Crippen molar-refractivity contribution >= 4 is 0 Å². The van der Waals surface area contributed by atoms with Crippen molar-refractivity contribution in [1.82, 2.24) is 0 Å². The maximum absolute atomic E-state index is 6.11. The van der Waals surface area contributed by atoms with Gasteiger partial charge < -0.3 is 14.8 Å². The summed E-state index contributed by atoms with van der Waals surface area (Å²) in [6.07, 6.45) is 0.0647. The highest BCUT2D eigenvalue weighted by Crippen LogP contribution is 2.41. The van der Waals surface area contributed by atoms with E-state index in [-0.39, 0.29) is 6.10 Å². The minimum absolute atomic E-state index is 0.0647. The quantitative estimate of drug-likeness (QED) is 0.801. The fourth-order valence-corrected chi connectivity index (χ4v) is 3.92. The van der Waals surface area contributed by atoms with Crippen molar-refractivity contribution in [3.8, 4) is 22.6 Å². The fraction of sp³-hybridized carbons (Fsp3) is 0.182. The van der Waals surface area contributed by atoms with Gasteiger partial charge in [-0.05, 0) is 23.3 Å².